The minimum absolute atomic E-state index is 0.143. The molecular weight excluding hydrogens is 214 g/mol. The minimum Gasteiger partial charge on any atom is -0.356 e. The fourth-order valence-corrected chi connectivity index (χ4v) is 1.46. The summed E-state index contributed by atoms with van der Waals surface area (Å²) in [7, 11) is 0. The van der Waals surface area contributed by atoms with Crippen LogP contribution in [0.4, 0.5) is 0 Å². The molecule has 0 aromatic carbocycles. The Balaban J connectivity index is 3.01. The van der Waals surface area contributed by atoms with E-state index in [4.69, 9.17) is 0 Å². The van der Waals surface area contributed by atoms with E-state index in [9.17, 15) is 4.79 Å². The zero-order valence-electron chi connectivity index (χ0n) is 11.6. The molecule has 0 rings (SSSR count). The summed E-state index contributed by atoms with van der Waals surface area (Å²) in [5.41, 5.74) is 0. The Bertz CT molecular complexity index is 184. The third-order valence-corrected chi connectivity index (χ3v) is 2.51. The Labute approximate surface area is 106 Å². The van der Waals surface area contributed by atoms with Crippen molar-refractivity contribution in [2.75, 3.05) is 26.2 Å². The van der Waals surface area contributed by atoms with E-state index in [2.05, 4.69) is 29.8 Å². The summed E-state index contributed by atoms with van der Waals surface area (Å²) in [6.07, 6.45) is 4.02. The number of unbranched alkanes of at least 4 members (excludes halogenated alkanes) is 1. The summed E-state index contributed by atoms with van der Waals surface area (Å²) in [6, 6.07) is 0.588. The molecule has 0 aliphatic heterocycles. The van der Waals surface area contributed by atoms with Crippen molar-refractivity contribution >= 4 is 5.91 Å². The summed E-state index contributed by atoms with van der Waals surface area (Å²) < 4.78 is 0. The molecule has 0 radical (unpaired) electrons. The predicted molar refractivity (Wildman–Crippen MR) is 73.2 cm³/mol. The summed E-state index contributed by atoms with van der Waals surface area (Å²) in [5.74, 6) is 0.143. The maximum atomic E-state index is 10.9. The molecule has 4 heteroatoms. The lowest BCUT2D eigenvalue weighted by molar-refractivity contribution is -0.120. The first-order valence-corrected chi connectivity index (χ1v) is 6.87. The molecule has 0 saturated heterocycles. The molecule has 0 atom stereocenters. The zero-order valence-corrected chi connectivity index (χ0v) is 11.6. The number of amides is 1. The van der Waals surface area contributed by atoms with Gasteiger partial charge in [0.15, 0.2) is 0 Å². The summed E-state index contributed by atoms with van der Waals surface area (Å²) in [5, 5.41) is 9.65. The maximum Gasteiger partial charge on any atom is 0.219 e. The third-order valence-electron chi connectivity index (χ3n) is 2.51. The first-order valence-electron chi connectivity index (χ1n) is 6.87. The highest BCUT2D eigenvalue weighted by molar-refractivity contribution is 5.75. The summed E-state index contributed by atoms with van der Waals surface area (Å²) >= 11 is 0. The van der Waals surface area contributed by atoms with Crippen LogP contribution in [0.15, 0.2) is 0 Å². The molecule has 0 aromatic rings. The molecule has 102 valence electrons. The predicted octanol–water partition coefficient (Wildman–Crippen LogP) is 1.27. The van der Waals surface area contributed by atoms with E-state index in [1.165, 1.54) is 12.8 Å². The van der Waals surface area contributed by atoms with Gasteiger partial charge in [-0.15, -0.1) is 0 Å². The highest BCUT2D eigenvalue weighted by atomic mass is 16.1. The molecule has 4 nitrogen and oxygen atoms in total. The van der Waals surface area contributed by atoms with Crippen molar-refractivity contribution in [2.24, 2.45) is 0 Å². The van der Waals surface area contributed by atoms with Crippen LogP contribution in [0, 0.1) is 0 Å². The first-order chi connectivity index (χ1) is 8.16. The molecule has 3 N–H and O–H groups in total. The first kappa shape index (κ1) is 16.4. The van der Waals surface area contributed by atoms with E-state index in [1.807, 2.05) is 6.92 Å². The van der Waals surface area contributed by atoms with Gasteiger partial charge >= 0.3 is 0 Å². The van der Waals surface area contributed by atoms with Crippen LogP contribution in [0.5, 0.6) is 0 Å². The minimum atomic E-state index is 0.143. The SMILES string of the molecule is CCC(=O)NCCCNCCCCNC(C)C. The Morgan fingerprint density at radius 2 is 1.65 bits per heavy atom. The van der Waals surface area contributed by atoms with Crippen molar-refractivity contribution in [3.8, 4) is 0 Å². The average Bonchev–Trinajstić information content (AvgIpc) is 2.30. The second kappa shape index (κ2) is 11.9. The lowest BCUT2D eigenvalue weighted by atomic mass is 10.3. The van der Waals surface area contributed by atoms with Crippen molar-refractivity contribution in [3.05, 3.63) is 0 Å². The number of carbonyl (C=O) groups excluding carboxylic acids is 1. The maximum absolute atomic E-state index is 10.9. The molecule has 0 aliphatic rings. The van der Waals surface area contributed by atoms with Gasteiger partial charge in [-0.2, -0.15) is 0 Å². The van der Waals surface area contributed by atoms with Gasteiger partial charge in [0.1, 0.15) is 0 Å². The average molecular weight is 243 g/mol. The van der Waals surface area contributed by atoms with E-state index < -0.39 is 0 Å². The lowest BCUT2D eigenvalue weighted by Gasteiger charge is -2.08. The van der Waals surface area contributed by atoms with Crippen LogP contribution in [0.25, 0.3) is 0 Å². The third kappa shape index (κ3) is 13.3. The van der Waals surface area contributed by atoms with Crippen LogP contribution in [0.2, 0.25) is 0 Å². The van der Waals surface area contributed by atoms with Gasteiger partial charge in [-0.05, 0) is 38.9 Å². The molecule has 0 heterocycles. The molecule has 1 amide bonds. The Hall–Kier alpha value is -0.610. The molecular formula is C13H29N3O. The van der Waals surface area contributed by atoms with Gasteiger partial charge in [0.25, 0.3) is 0 Å². The normalized spacial score (nSPS) is 10.8. The largest absolute Gasteiger partial charge is 0.356 e. The van der Waals surface area contributed by atoms with Crippen molar-refractivity contribution in [2.45, 2.75) is 52.5 Å². The second-order valence-electron chi connectivity index (χ2n) is 4.62. The van der Waals surface area contributed by atoms with Gasteiger partial charge in [-0.25, -0.2) is 0 Å². The van der Waals surface area contributed by atoms with Gasteiger partial charge in [-0.3, -0.25) is 4.79 Å². The van der Waals surface area contributed by atoms with E-state index in [-0.39, 0.29) is 5.91 Å². The molecule has 0 aliphatic carbocycles. The lowest BCUT2D eigenvalue weighted by Crippen LogP contribution is -2.27. The molecule has 0 aromatic heterocycles. The van der Waals surface area contributed by atoms with Crippen molar-refractivity contribution < 1.29 is 4.79 Å². The molecule has 0 bridgehead atoms. The number of rotatable bonds is 11. The highest BCUT2D eigenvalue weighted by Crippen LogP contribution is 1.87. The highest BCUT2D eigenvalue weighted by Gasteiger charge is 1.95. The summed E-state index contributed by atoms with van der Waals surface area (Å²) in [4.78, 5) is 10.9. The zero-order chi connectivity index (χ0) is 12.9. The quantitative estimate of drug-likeness (QED) is 0.479. The van der Waals surface area contributed by atoms with E-state index in [0.29, 0.717) is 12.5 Å². The van der Waals surface area contributed by atoms with Crippen LogP contribution < -0.4 is 16.0 Å². The van der Waals surface area contributed by atoms with Crippen LogP contribution in [-0.2, 0) is 4.79 Å². The standard InChI is InChI=1S/C13H29N3O/c1-4-13(17)16-11-7-9-14-8-5-6-10-15-12(2)3/h12,14-15H,4-11H2,1-3H3,(H,16,17). The van der Waals surface area contributed by atoms with Crippen molar-refractivity contribution in [1.82, 2.24) is 16.0 Å². The van der Waals surface area contributed by atoms with E-state index in [1.54, 1.807) is 0 Å². The van der Waals surface area contributed by atoms with E-state index >= 15 is 0 Å². The topological polar surface area (TPSA) is 53.2 Å². The second-order valence-corrected chi connectivity index (χ2v) is 4.62. The fraction of sp³-hybridized carbons (Fsp3) is 0.923. The number of carbonyl (C=O) groups is 1. The molecule has 17 heavy (non-hydrogen) atoms. The number of hydrogen-bond donors (Lipinski definition) is 3. The molecule has 0 spiro atoms. The Kier molecular flexibility index (Phi) is 11.4. The van der Waals surface area contributed by atoms with Crippen LogP contribution in [0.1, 0.15) is 46.5 Å². The molecule has 0 unspecified atom stereocenters. The van der Waals surface area contributed by atoms with Gasteiger partial charge in [0, 0.05) is 19.0 Å². The smallest absolute Gasteiger partial charge is 0.219 e. The number of nitrogens with one attached hydrogen (secondary N) is 3. The summed E-state index contributed by atoms with van der Waals surface area (Å²) in [6.45, 7) is 10.2. The van der Waals surface area contributed by atoms with Crippen LogP contribution in [0.3, 0.4) is 0 Å². The van der Waals surface area contributed by atoms with Crippen LogP contribution in [-0.4, -0.2) is 38.1 Å². The fourth-order valence-electron chi connectivity index (χ4n) is 1.46. The Morgan fingerprint density at radius 3 is 2.29 bits per heavy atom. The van der Waals surface area contributed by atoms with E-state index in [0.717, 1.165) is 32.6 Å². The monoisotopic (exact) mass is 243 g/mol. The van der Waals surface area contributed by atoms with Crippen molar-refractivity contribution in [3.63, 3.8) is 0 Å². The van der Waals surface area contributed by atoms with Gasteiger partial charge in [-0.1, -0.05) is 20.8 Å². The van der Waals surface area contributed by atoms with Gasteiger partial charge in [0.2, 0.25) is 5.91 Å². The molecule has 0 fully saturated rings. The Morgan fingerprint density at radius 1 is 1.00 bits per heavy atom. The van der Waals surface area contributed by atoms with Gasteiger partial charge < -0.3 is 16.0 Å². The molecule has 0 saturated carbocycles. The number of hydrogen-bond acceptors (Lipinski definition) is 3. The van der Waals surface area contributed by atoms with Crippen molar-refractivity contribution in [1.29, 1.82) is 0 Å². The van der Waals surface area contributed by atoms with Crippen LogP contribution >= 0.6 is 0 Å². The van der Waals surface area contributed by atoms with Gasteiger partial charge in [0.05, 0.1) is 0 Å².